The molecular weight excluding hydrogens is 755 g/mol. The Morgan fingerprint density at radius 3 is 1.38 bits per heavy atom. The predicted molar refractivity (Wildman–Crippen MR) is 264 cm³/mol. The van der Waals surface area contributed by atoms with Crippen LogP contribution < -0.4 is 5.32 Å². The standard InChI is InChI=1S/C55H99NO5/c1-3-5-7-9-11-13-15-17-20-25-29-33-37-41-45-49-55(60)61-50-46-42-38-34-30-26-22-19-21-24-28-32-36-40-44-48-54(59)56-52(51-57)53(58)47-43-39-35-31-27-23-18-16-14-12-10-8-6-4-2/h11,13,17,19-20,22,26,30,43,47,52-53,57-58H,3-10,12,14-16,18,21,23-25,27-29,31-42,44-46,48-51H2,1-2H3,(H,56,59)/b13-11-,20-17-,22-19-,30-26-,47-43+. The first-order valence-electron chi connectivity index (χ1n) is 26.1. The second kappa shape index (κ2) is 50.2. The Balaban J connectivity index is 3.58. The van der Waals surface area contributed by atoms with Crippen molar-refractivity contribution in [3.8, 4) is 0 Å². The fraction of sp³-hybridized carbons (Fsp3) is 0.782. The highest BCUT2D eigenvalue weighted by Gasteiger charge is 2.18. The number of aliphatic hydroxyl groups is 2. The fourth-order valence-electron chi connectivity index (χ4n) is 7.48. The summed E-state index contributed by atoms with van der Waals surface area (Å²) >= 11 is 0. The van der Waals surface area contributed by atoms with Gasteiger partial charge >= 0.3 is 5.97 Å². The Morgan fingerprint density at radius 1 is 0.475 bits per heavy atom. The van der Waals surface area contributed by atoms with Gasteiger partial charge in [0.2, 0.25) is 5.91 Å². The van der Waals surface area contributed by atoms with Gasteiger partial charge in [-0.15, -0.1) is 0 Å². The Hall–Kier alpha value is -2.44. The molecule has 0 saturated carbocycles. The van der Waals surface area contributed by atoms with E-state index >= 15 is 0 Å². The van der Waals surface area contributed by atoms with Gasteiger partial charge in [0.05, 0.1) is 25.4 Å². The van der Waals surface area contributed by atoms with Gasteiger partial charge in [-0.05, 0) is 96.3 Å². The first kappa shape index (κ1) is 58.6. The molecule has 0 aliphatic carbocycles. The molecular formula is C55H99NO5. The van der Waals surface area contributed by atoms with Crippen LogP contribution in [0.5, 0.6) is 0 Å². The molecule has 0 bridgehead atoms. The highest BCUT2D eigenvalue weighted by atomic mass is 16.5. The van der Waals surface area contributed by atoms with E-state index in [-0.39, 0.29) is 18.5 Å². The lowest BCUT2D eigenvalue weighted by Crippen LogP contribution is -2.45. The molecule has 2 atom stereocenters. The van der Waals surface area contributed by atoms with Gasteiger partial charge in [-0.1, -0.05) is 203 Å². The number of esters is 1. The van der Waals surface area contributed by atoms with E-state index in [1.807, 2.05) is 6.08 Å². The SMILES string of the molecule is CCCCC/C=C\C/C=C\CCCCCCCC(=O)OCCCCC/C=C\C=C/CCCCCCCCC(=O)NC(CO)C(O)/C=C/CCCCCCCCCCCCCC. The third-order valence-electron chi connectivity index (χ3n) is 11.5. The van der Waals surface area contributed by atoms with Crippen LogP contribution in [0.4, 0.5) is 0 Å². The summed E-state index contributed by atoms with van der Waals surface area (Å²) in [7, 11) is 0. The van der Waals surface area contributed by atoms with Gasteiger partial charge < -0.3 is 20.3 Å². The number of allylic oxidation sites excluding steroid dienone is 9. The molecule has 6 nitrogen and oxygen atoms in total. The fourth-order valence-corrected chi connectivity index (χ4v) is 7.48. The van der Waals surface area contributed by atoms with Crippen LogP contribution in [0.3, 0.4) is 0 Å². The zero-order chi connectivity index (χ0) is 44.4. The minimum Gasteiger partial charge on any atom is -0.466 e. The highest BCUT2D eigenvalue weighted by molar-refractivity contribution is 5.76. The zero-order valence-electron chi connectivity index (χ0n) is 40.1. The molecule has 0 fully saturated rings. The van der Waals surface area contributed by atoms with Crippen LogP contribution in [0, 0.1) is 0 Å². The van der Waals surface area contributed by atoms with E-state index in [1.165, 1.54) is 135 Å². The van der Waals surface area contributed by atoms with Gasteiger partial charge in [0.25, 0.3) is 0 Å². The van der Waals surface area contributed by atoms with E-state index in [0.29, 0.717) is 19.4 Å². The summed E-state index contributed by atoms with van der Waals surface area (Å²) in [6.07, 6.45) is 63.6. The van der Waals surface area contributed by atoms with Crippen LogP contribution in [0.2, 0.25) is 0 Å². The molecule has 1 amide bonds. The molecule has 0 aliphatic rings. The number of unbranched alkanes of at least 4 members (excludes halogenated alkanes) is 29. The summed E-state index contributed by atoms with van der Waals surface area (Å²) in [6.45, 7) is 4.79. The third kappa shape index (κ3) is 46.9. The number of hydrogen-bond donors (Lipinski definition) is 3. The lowest BCUT2D eigenvalue weighted by molar-refractivity contribution is -0.143. The average Bonchev–Trinajstić information content (AvgIpc) is 3.26. The smallest absolute Gasteiger partial charge is 0.305 e. The first-order valence-corrected chi connectivity index (χ1v) is 26.1. The van der Waals surface area contributed by atoms with Crippen molar-refractivity contribution < 1.29 is 24.5 Å². The van der Waals surface area contributed by atoms with Crippen molar-refractivity contribution in [2.24, 2.45) is 0 Å². The van der Waals surface area contributed by atoms with Gasteiger partial charge in [0.1, 0.15) is 0 Å². The quantitative estimate of drug-likeness (QED) is 0.0245. The number of aliphatic hydroxyl groups excluding tert-OH is 2. The summed E-state index contributed by atoms with van der Waals surface area (Å²) in [5.41, 5.74) is 0. The van der Waals surface area contributed by atoms with Crippen molar-refractivity contribution >= 4 is 11.9 Å². The average molecular weight is 854 g/mol. The number of carbonyl (C=O) groups excluding carboxylic acids is 2. The molecule has 0 aromatic heterocycles. The van der Waals surface area contributed by atoms with Crippen molar-refractivity contribution in [2.45, 2.75) is 264 Å². The molecule has 0 aromatic carbocycles. The topological polar surface area (TPSA) is 95.9 Å². The summed E-state index contributed by atoms with van der Waals surface area (Å²) < 4.78 is 5.43. The molecule has 61 heavy (non-hydrogen) atoms. The van der Waals surface area contributed by atoms with E-state index in [1.54, 1.807) is 6.08 Å². The van der Waals surface area contributed by atoms with Gasteiger partial charge in [0, 0.05) is 12.8 Å². The predicted octanol–water partition coefficient (Wildman–Crippen LogP) is 15.6. The number of hydrogen-bond acceptors (Lipinski definition) is 5. The van der Waals surface area contributed by atoms with Gasteiger partial charge in [-0.2, -0.15) is 0 Å². The molecule has 6 heteroatoms. The summed E-state index contributed by atoms with van der Waals surface area (Å²) in [4.78, 5) is 24.4. The normalized spacial score (nSPS) is 13.2. The molecule has 0 rings (SSSR count). The van der Waals surface area contributed by atoms with Crippen LogP contribution >= 0.6 is 0 Å². The number of ether oxygens (including phenoxy) is 1. The van der Waals surface area contributed by atoms with Crippen LogP contribution in [-0.2, 0) is 14.3 Å². The molecule has 0 aliphatic heterocycles. The number of nitrogens with one attached hydrogen (secondary N) is 1. The minimum absolute atomic E-state index is 0.0380. The molecule has 0 heterocycles. The number of rotatable bonds is 47. The van der Waals surface area contributed by atoms with Crippen LogP contribution in [0.15, 0.2) is 60.8 Å². The van der Waals surface area contributed by atoms with Gasteiger partial charge in [-0.25, -0.2) is 0 Å². The van der Waals surface area contributed by atoms with Crippen molar-refractivity contribution in [2.75, 3.05) is 13.2 Å². The number of amides is 1. The Bertz CT molecular complexity index is 1080. The van der Waals surface area contributed by atoms with Crippen molar-refractivity contribution in [1.29, 1.82) is 0 Å². The highest BCUT2D eigenvalue weighted by Crippen LogP contribution is 2.14. The monoisotopic (exact) mass is 854 g/mol. The van der Waals surface area contributed by atoms with E-state index in [9.17, 15) is 19.8 Å². The molecule has 0 saturated heterocycles. The number of carbonyl (C=O) groups is 2. The lowest BCUT2D eigenvalue weighted by atomic mass is 10.0. The van der Waals surface area contributed by atoms with Crippen LogP contribution in [0.25, 0.3) is 0 Å². The van der Waals surface area contributed by atoms with Gasteiger partial charge in [0.15, 0.2) is 0 Å². The molecule has 0 radical (unpaired) electrons. The molecule has 0 spiro atoms. The maximum atomic E-state index is 12.4. The van der Waals surface area contributed by atoms with E-state index in [4.69, 9.17) is 4.74 Å². The van der Waals surface area contributed by atoms with Gasteiger partial charge in [-0.3, -0.25) is 9.59 Å². The molecule has 3 N–H and O–H groups in total. The maximum Gasteiger partial charge on any atom is 0.305 e. The van der Waals surface area contributed by atoms with E-state index in [2.05, 4.69) is 67.8 Å². The Kier molecular flexibility index (Phi) is 48.2. The third-order valence-corrected chi connectivity index (χ3v) is 11.5. The second-order valence-corrected chi connectivity index (χ2v) is 17.5. The Labute approximate surface area is 378 Å². The zero-order valence-corrected chi connectivity index (χ0v) is 40.1. The van der Waals surface area contributed by atoms with E-state index < -0.39 is 12.1 Å². The Morgan fingerprint density at radius 2 is 0.869 bits per heavy atom. The molecule has 0 aromatic rings. The minimum atomic E-state index is -0.860. The summed E-state index contributed by atoms with van der Waals surface area (Å²) in [6, 6.07) is -0.646. The lowest BCUT2D eigenvalue weighted by Gasteiger charge is -2.20. The molecule has 2 unspecified atom stereocenters. The van der Waals surface area contributed by atoms with Crippen molar-refractivity contribution in [3.05, 3.63) is 60.8 Å². The summed E-state index contributed by atoms with van der Waals surface area (Å²) in [5, 5.41) is 23.0. The molecule has 354 valence electrons. The first-order chi connectivity index (χ1) is 30.0. The van der Waals surface area contributed by atoms with E-state index in [0.717, 1.165) is 89.9 Å². The largest absolute Gasteiger partial charge is 0.466 e. The second-order valence-electron chi connectivity index (χ2n) is 17.5. The summed E-state index contributed by atoms with van der Waals surface area (Å²) in [5.74, 6) is -0.131. The van der Waals surface area contributed by atoms with Crippen LogP contribution in [0.1, 0.15) is 251 Å². The van der Waals surface area contributed by atoms with Crippen molar-refractivity contribution in [1.82, 2.24) is 5.32 Å². The maximum absolute atomic E-state index is 12.4. The van der Waals surface area contributed by atoms with Crippen LogP contribution in [-0.4, -0.2) is 47.4 Å². The van der Waals surface area contributed by atoms with Crippen molar-refractivity contribution in [3.63, 3.8) is 0 Å².